The van der Waals surface area contributed by atoms with Crippen LogP contribution >= 0.6 is 0 Å². The van der Waals surface area contributed by atoms with E-state index in [4.69, 9.17) is 4.74 Å². The molecule has 15 heavy (non-hydrogen) atoms. The fourth-order valence-electron chi connectivity index (χ4n) is 1.33. The first kappa shape index (κ1) is 11.9. The van der Waals surface area contributed by atoms with Gasteiger partial charge in [-0.25, -0.2) is 0 Å². The van der Waals surface area contributed by atoms with Gasteiger partial charge in [0.2, 0.25) is 11.8 Å². The summed E-state index contributed by atoms with van der Waals surface area (Å²) in [6.07, 6.45) is 0. The van der Waals surface area contributed by atoms with E-state index in [2.05, 4.69) is 16.0 Å². The van der Waals surface area contributed by atoms with Gasteiger partial charge in [-0.1, -0.05) is 0 Å². The molecule has 1 rings (SSSR count). The van der Waals surface area contributed by atoms with Gasteiger partial charge in [-0.15, -0.1) is 0 Å². The molecule has 0 aromatic heterocycles. The highest BCUT2D eigenvalue weighted by Crippen LogP contribution is 1.94. The summed E-state index contributed by atoms with van der Waals surface area (Å²) in [5, 5.41) is 8.09. The quantitative estimate of drug-likeness (QED) is 0.520. The molecule has 0 radical (unpaired) electrons. The van der Waals surface area contributed by atoms with Gasteiger partial charge in [-0.05, 0) is 6.92 Å². The molecule has 6 heteroatoms. The predicted molar refractivity (Wildman–Crippen MR) is 54.3 cm³/mol. The summed E-state index contributed by atoms with van der Waals surface area (Å²) >= 11 is 0. The Hall–Kier alpha value is -1.14. The van der Waals surface area contributed by atoms with Crippen LogP contribution in [0.4, 0.5) is 0 Å². The first-order valence-corrected chi connectivity index (χ1v) is 4.98. The molecular formula is C9H17N3O3. The molecule has 1 fully saturated rings. The van der Waals surface area contributed by atoms with Gasteiger partial charge in [0.25, 0.3) is 0 Å². The second-order valence-corrected chi connectivity index (χ2v) is 3.43. The summed E-state index contributed by atoms with van der Waals surface area (Å²) in [4.78, 5) is 22.7. The Morgan fingerprint density at radius 3 is 2.80 bits per heavy atom. The van der Waals surface area contributed by atoms with Crippen molar-refractivity contribution in [2.75, 3.05) is 26.8 Å². The molecule has 0 aliphatic carbocycles. The van der Waals surface area contributed by atoms with E-state index < -0.39 is 6.04 Å². The van der Waals surface area contributed by atoms with Gasteiger partial charge in [0.1, 0.15) is 12.1 Å². The summed E-state index contributed by atoms with van der Waals surface area (Å²) in [5.74, 6) is -0.411. The van der Waals surface area contributed by atoms with Gasteiger partial charge in [0.05, 0.1) is 13.2 Å². The van der Waals surface area contributed by atoms with Gasteiger partial charge in [0, 0.05) is 13.6 Å². The summed E-state index contributed by atoms with van der Waals surface area (Å²) in [5.41, 5.74) is 0. The molecular weight excluding hydrogens is 198 g/mol. The average molecular weight is 215 g/mol. The third-order valence-corrected chi connectivity index (χ3v) is 2.24. The van der Waals surface area contributed by atoms with Crippen LogP contribution in [0.5, 0.6) is 0 Å². The Bertz CT molecular complexity index is 239. The number of amides is 2. The lowest BCUT2D eigenvalue weighted by atomic mass is 10.2. The molecule has 0 aromatic rings. The van der Waals surface area contributed by atoms with E-state index in [9.17, 15) is 9.59 Å². The molecule has 3 N–H and O–H groups in total. The average Bonchev–Trinajstić information content (AvgIpc) is 2.29. The van der Waals surface area contributed by atoms with Crippen molar-refractivity contribution in [3.8, 4) is 0 Å². The van der Waals surface area contributed by atoms with Crippen molar-refractivity contribution in [2.45, 2.75) is 19.0 Å². The number of hydrogen-bond donors (Lipinski definition) is 3. The Morgan fingerprint density at radius 1 is 1.53 bits per heavy atom. The van der Waals surface area contributed by atoms with Crippen LogP contribution in [0.3, 0.4) is 0 Å². The number of nitrogens with one attached hydrogen (secondary N) is 3. The van der Waals surface area contributed by atoms with Crippen LogP contribution in [-0.2, 0) is 14.3 Å². The lowest BCUT2D eigenvalue weighted by Crippen LogP contribution is -2.55. The molecule has 86 valence electrons. The van der Waals surface area contributed by atoms with Crippen LogP contribution in [0.15, 0.2) is 0 Å². The molecule has 2 unspecified atom stereocenters. The lowest BCUT2D eigenvalue weighted by molar-refractivity contribution is -0.131. The normalized spacial score (nSPS) is 22.9. The highest BCUT2D eigenvalue weighted by Gasteiger charge is 2.23. The van der Waals surface area contributed by atoms with Gasteiger partial charge < -0.3 is 20.7 Å². The Balaban J connectivity index is 2.36. The summed E-state index contributed by atoms with van der Waals surface area (Å²) in [6, 6.07) is -0.878. The van der Waals surface area contributed by atoms with Crippen molar-refractivity contribution in [3.05, 3.63) is 0 Å². The third kappa shape index (κ3) is 3.49. The second kappa shape index (κ2) is 5.67. The Morgan fingerprint density at radius 2 is 2.27 bits per heavy atom. The Kier molecular flexibility index (Phi) is 4.51. The fourth-order valence-corrected chi connectivity index (χ4v) is 1.33. The maximum absolute atomic E-state index is 11.6. The van der Waals surface area contributed by atoms with Gasteiger partial charge in [-0.3, -0.25) is 9.59 Å². The lowest BCUT2D eigenvalue weighted by Gasteiger charge is -2.24. The van der Waals surface area contributed by atoms with E-state index in [0.29, 0.717) is 19.8 Å². The maximum Gasteiger partial charge on any atom is 0.242 e. The first-order chi connectivity index (χ1) is 7.15. The summed E-state index contributed by atoms with van der Waals surface area (Å²) in [6.45, 7) is 3.27. The number of carbonyl (C=O) groups is 2. The van der Waals surface area contributed by atoms with Gasteiger partial charge >= 0.3 is 0 Å². The highest BCUT2D eigenvalue weighted by atomic mass is 16.5. The number of hydrogen-bond acceptors (Lipinski definition) is 4. The van der Waals surface area contributed by atoms with Crippen molar-refractivity contribution in [1.82, 2.24) is 16.0 Å². The molecule has 2 amide bonds. The standard InChI is InChI=1S/C9H17N3O3/c1-6(8(13)10-2)12-9(14)7-5-15-4-3-11-7/h6-7,11H,3-5H2,1-2H3,(H,10,13)(H,12,14). The minimum atomic E-state index is -0.522. The monoisotopic (exact) mass is 215 g/mol. The molecule has 0 spiro atoms. The van der Waals surface area contributed by atoms with Crippen LogP contribution in [-0.4, -0.2) is 50.7 Å². The van der Waals surface area contributed by atoms with Crippen LogP contribution < -0.4 is 16.0 Å². The molecule has 1 aliphatic rings. The van der Waals surface area contributed by atoms with Crippen LogP contribution in [0.2, 0.25) is 0 Å². The molecule has 2 atom stereocenters. The third-order valence-electron chi connectivity index (χ3n) is 2.24. The van der Waals surface area contributed by atoms with Crippen molar-refractivity contribution < 1.29 is 14.3 Å². The highest BCUT2D eigenvalue weighted by molar-refractivity contribution is 5.89. The maximum atomic E-state index is 11.6. The van der Waals surface area contributed by atoms with Crippen LogP contribution in [0.1, 0.15) is 6.92 Å². The minimum absolute atomic E-state index is 0.203. The molecule has 0 aromatic carbocycles. The number of rotatable bonds is 3. The fraction of sp³-hybridized carbons (Fsp3) is 0.778. The first-order valence-electron chi connectivity index (χ1n) is 4.98. The van der Waals surface area contributed by atoms with E-state index >= 15 is 0 Å². The van der Waals surface area contributed by atoms with E-state index in [-0.39, 0.29) is 17.9 Å². The van der Waals surface area contributed by atoms with E-state index in [1.807, 2.05) is 0 Å². The minimum Gasteiger partial charge on any atom is -0.378 e. The molecule has 1 heterocycles. The zero-order chi connectivity index (χ0) is 11.3. The summed E-state index contributed by atoms with van der Waals surface area (Å²) in [7, 11) is 1.53. The number of ether oxygens (including phenoxy) is 1. The van der Waals surface area contributed by atoms with Crippen molar-refractivity contribution in [3.63, 3.8) is 0 Å². The van der Waals surface area contributed by atoms with Crippen LogP contribution in [0, 0.1) is 0 Å². The zero-order valence-electron chi connectivity index (χ0n) is 9.00. The van der Waals surface area contributed by atoms with E-state index in [1.165, 1.54) is 7.05 Å². The van der Waals surface area contributed by atoms with Crippen molar-refractivity contribution in [1.29, 1.82) is 0 Å². The molecule has 1 aliphatic heterocycles. The van der Waals surface area contributed by atoms with Crippen molar-refractivity contribution in [2.24, 2.45) is 0 Å². The molecule has 0 saturated carbocycles. The smallest absolute Gasteiger partial charge is 0.242 e. The van der Waals surface area contributed by atoms with E-state index in [1.54, 1.807) is 6.92 Å². The van der Waals surface area contributed by atoms with Crippen molar-refractivity contribution >= 4 is 11.8 Å². The van der Waals surface area contributed by atoms with E-state index in [0.717, 1.165) is 0 Å². The largest absolute Gasteiger partial charge is 0.378 e. The molecule has 1 saturated heterocycles. The topological polar surface area (TPSA) is 79.5 Å². The summed E-state index contributed by atoms with van der Waals surface area (Å²) < 4.78 is 5.15. The molecule has 6 nitrogen and oxygen atoms in total. The predicted octanol–water partition coefficient (Wildman–Crippen LogP) is -1.77. The van der Waals surface area contributed by atoms with Crippen LogP contribution in [0.25, 0.3) is 0 Å². The Labute approximate surface area is 88.7 Å². The zero-order valence-corrected chi connectivity index (χ0v) is 9.00. The number of likely N-dealkylation sites (N-methyl/N-ethyl adjacent to an activating group) is 1. The number of carbonyl (C=O) groups excluding carboxylic acids is 2. The molecule has 0 bridgehead atoms. The SMILES string of the molecule is CNC(=O)C(C)NC(=O)C1COCCN1. The van der Waals surface area contributed by atoms with Gasteiger partial charge in [-0.2, -0.15) is 0 Å². The van der Waals surface area contributed by atoms with Gasteiger partial charge in [0.15, 0.2) is 0 Å². The second-order valence-electron chi connectivity index (χ2n) is 3.43. The number of morpholine rings is 1.